The first kappa shape index (κ1) is 17.7. The van der Waals surface area contributed by atoms with Gasteiger partial charge >= 0.3 is 0 Å². The van der Waals surface area contributed by atoms with E-state index < -0.39 is 5.82 Å². The van der Waals surface area contributed by atoms with Crippen LogP contribution in [0.1, 0.15) is 24.4 Å². The summed E-state index contributed by atoms with van der Waals surface area (Å²) < 4.78 is 18.3. The van der Waals surface area contributed by atoms with Crippen molar-refractivity contribution in [2.45, 2.75) is 18.9 Å². The van der Waals surface area contributed by atoms with Crippen molar-refractivity contribution in [3.63, 3.8) is 0 Å². The molecule has 0 saturated heterocycles. The third-order valence-corrected chi connectivity index (χ3v) is 4.54. The number of anilines is 1. The van der Waals surface area contributed by atoms with Gasteiger partial charge in [0, 0.05) is 11.7 Å². The Morgan fingerprint density at radius 2 is 2.00 bits per heavy atom. The van der Waals surface area contributed by atoms with Gasteiger partial charge in [0.1, 0.15) is 11.6 Å². The number of carbonyl (C=O) groups excluding carboxylic acids is 1. The second kappa shape index (κ2) is 7.85. The van der Waals surface area contributed by atoms with Crippen LogP contribution in [-0.2, 0) is 4.79 Å². The minimum absolute atomic E-state index is 0.0140. The highest BCUT2D eigenvalue weighted by Crippen LogP contribution is 2.41. The summed E-state index contributed by atoms with van der Waals surface area (Å²) in [6.07, 6.45) is 2.30. The minimum Gasteiger partial charge on any atom is -0.497 e. The molecule has 1 aliphatic carbocycles. The Morgan fingerprint density at radius 1 is 1.28 bits per heavy atom. The van der Waals surface area contributed by atoms with E-state index in [4.69, 9.17) is 16.3 Å². The SMILES string of the molecule is COc1ccc(C(NCC(=O)Nc2ccc(F)c(Cl)c2)C2CC2)cc1. The monoisotopic (exact) mass is 362 g/mol. The Morgan fingerprint density at radius 3 is 2.60 bits per heavy atom. The van der Waals surface area contributed by atoms with Crippen LogP contribution < -0.4 is 15.4 Å². The van der Waals surface area contributed by atoms with E-state index in [-0.39, 0.29) is 23.5 Å². The third-order valence-electron chi connectivity index (χ3n) is 4.25. The highest BCUT2D eigenvalue weighted by Gasteiger charge is 2.32. The van der Waals surface area contributed by atoms with Gasteiger partial charge in [-0.3, -0.25) is 4.79 Å². The van der Waals surface area contributed by atoms with Gasteiger partial charge in [-0.25, -0.2) is 4.39 Å². The van der Waals surface area contributed by atoms with Crippen molar-refractivity contribution in [1.82, 2.24) is 5.32 Å². The molecule has 132 valence electrons. The van der Waals surface area contributed by atoms with E-state index in [1.165, 1.54) is 18.2 Å². The quantitative estimate of drug-likeness (QED) is 0.777. The van der Waals surface area contributed by atoms with Crippen LogP contribution in [0, 0.1) is 11.7 Å². The Labute approximate surface area is 151 Å². The maximum absolute atomic E-state index is 13.2. The van der Waals surface area contributed by atoms with E-state index in [9.17, 15) is 9.18 Å². The fourth-order valence-electron chi connectivity index (χ4n) is 2.78. The normalized spacial score (nSPS) is 14.8. The molecule has 0 aromatic heterocycles. The van der Waals surface area contributed by atoms with Gasteiger partial charge in [0.2, 0.25) is 5.91 Å². The molecule has 1 saturated carbocycles. The second-order valence-electron chi connectivity index (χ2n) is 6.15. The van der Waals surface area contributed by atoms with Crippen LogP contribution in [0.5, 0.6) is 5.75 Å². The summed E-state index contributed by atoms with van der Waals surface area (Å²) in [6.45, 7) is 0.169. The minimum atomic E-state index is -0.508. The number of ether oxygens (including phenoxy) is 1. The van der Waals surface area contributed by atoms with Crippen molar-refractivity contribution in [3.8, 4) is 5.75 Å². The van der Waals surface area contributed by atoms with Crippen LogP contribution >= 0.6 is 11.6 Å². The average Bonchev–Trinajstić information content (AvgIpc) is 3.44. The van der Waals surface area contributed by atoms with E-state index in [0.717, 1.165) is 24.2 Å². The maximum Gasteiger partial charge on any atom is 0.238 e. The van der Waals surface area contributed by atoms with Crippen molar-refractivity contribution in [1.29, 1.82) is 0 Å². The number of nitrogens with one attached hydrogen (secondary N) is 2. The zero-order valence-corrected chi connectivity index (χ0v) is 14.6. The zero-order valence-electron chi connectivity index (χ0n) is 13.9. The average molecular weight is 363 g/mol. The topological polar surface area (TPSA) is 50.4 Å². The fourth-order valence-corrected chi connectivity index (χ4v) is 2.96. The highest BCUT2D eigenvalue weighted by molar-refractivity contribution is 6.31. The van der Waals surface area contributed by atoms with Crippen LogP contribution in [0.4, 0.5) is 10.1 Å². The molecular formula is C19H20ClFN2O2. The molecule has 25 heavy (non-hydrogen) atoms. The Balaban J connectivity index is 1.59. The van der Waals surface area contributed by atoms with Crippen molar-refractivity contribution in [2.75, 3.05) is 19.0 Å². The molecule has 0 radical (unpaired) electrons. The molecule has 0 aliphatic heterocycles. The van der Waals surface area contributed by atoms with Gasteiger partial charge in [-0.15, -0.1) is 0 Å². The van der Waals surface area contributed by atoms with Crippen molar-refractivity contribution in [2.24, 2.45) is 5.92 Å². The molecule has 4 nitrogen and oxygen atoms in total. The van der Waals surface area contributed by atoms with Crippen LogP contribution in [0.3, 0.4) is 0 Å². The first-order chi connectivity index (χ1) is 12.1. The molecular weight excluding hydrogens is 343 g/mol. The summed E-state index contributed by atoms with van der Waals surface area (Å²) in [4.78, 5) is 12.2. The van der Waals surface area contributed by atoms with E-state index in [2.05, 4.69) is 10.6 Å². The van der Waals surface area contributed by atoms with Gasteiger partial charge < -0.3 is 15.4 Å². The van der Waals surface area contributed by atoms with Crippen LogP contribution in [-0.4, -0.2) is 19.6 Å². The summed E-state index contributed by atoms with van der Waals surface area (Å²) >= 11 is 5.73. The zero-order chi connectivity index (χ0) is 17.8. The standard InChI is InChI=1S/C19H20ClFN2O2/c1-25-15-7-4-13(5-8-15)19(12-2-3-12)22-11-18(24)23-14-6-9-17(21)16(20)10-14/h4-10,12,19,22H,2-3,11H2,1H3,(H,23,24). The molecule has 0 heterocycles. The van der Waals surface area contributed by atoms with E-state index >= 15 is 0 Å². The number of halogens is 2. The smallest absolute Gasteiger partial charge is 0.238 e. The Bertz CT molecular complexity index is 748. The molecule has 2 aromatic carbocycles. The first-order valence-electron chi connectivity index (χ1n) is 8.19. The maximum atomic E-state index is 13.2. The van der Waals surface area contributed by atoms with E-state index in [1.54, 1.807) is 7.11 Å². The van der Waals surface area contributed by atoms with Gasteiger partial charge in [-0.1, -0.05) is 23.7 Å². The summed E-state index contributed by atoms with van der Waals surface area (Å²) in [7, 11) is 1.64. The van der Waals surface area contributed by atoms with Crippen LogP contribution in [0.2, 0.25) is 5.02 Å². The van der Waals surface area contributed by atoms with Gasteiger partial charge in [-0.2, -0.15) is 0 Å². The number of hydrogen-bond donors (Lipinski definition) is 2. The molecule has 1 aliphatic rings. The van der Waals surface area contributed by atoms with Crippen molar-refractivity contribution >= 4 is 23.2 Å². The third kappa shape index (κ3) is 4.71. The molecule has 3 rings (SSSR count). The van der Waals surface area contributed by atoms with Crippen LogP contribution in [0.25, 0.3) is 0 Å². The number of hydrogen-bond acceptors (Lipinski definition) is 3. The van der Waals surface area contributed by atoms with Gasteiger partial charge in [0.15, 0.2) is 0 Å². The van der Waals surface area contributed by atoms with Crippen molar-refractivity contribution in [3.05, 3.63) is 58.9 Å². The molecule has 6 heteroatoms. The Kier molecular flexibility index (Phi) is 5.56. The summed E-state index contributed by atoms with van der Waals surface area (Å²) in [5.41, 5.74) is 1.62. The first-order valence-corrected chi connectivity index (χ1v) is 8.57. The molecule has 0 bridgehead atoms. The van der Waals surface area contributed by atoms with E-state index in [1.807, 2.05) is 24.3 Å². The largest absolute Gasteiger partial charge is 0.497 e. The lowest BCUT2D eigenvalue weighted by Crippen LogP contribution is -2.32. The summed E-state index contributed by atoms with van der Waals surface area (Å²) in [6, 6.07) is 12.1. The van der Waals surface area contributed by atoms with Gasteiger partial charge in [0.05, 0.1) is 18.7 Å². The summed E-state index contributed by atoms with van der Waals surface area (Å²) in [5.74, 6) is 0.651. The molecule has 0 spiro atoms. The Hall–Kier alpha value is -2.11. The number of benzene rings is 2. The van der Waals surface area contributed by atoms with E-state index in [0.29, 0.717) is 11.6 Å². The number of rotatable bonds is 7. The lowest BCUT2D eigenvalue weighted by molar-refractivity contribution is -0.115. The highest BCUT2D eigenvalue weighted by atomic mass is 35.5. The van der Waals surface area contributed by atoms with Gasteiger partial charge in [0.25, 0.3) is 0 Å². The summed E-state index contributed by atoms with van der Waals surface area (Å²) in [5, 5.41) is 6.03. The molecule has 1 atom stereocenters. The number of methoxy groups -OCH3 is 1. The van der Waals surface area contributed by atoms with Crippen LogP contribution in [0.15, 0.2) is 42.5 Å². The van der Waals surface area contributed by atoms with Crippen molar-refractivity contribution < 1.29 is 13.9 Å². The lowest BCUT2D eigenvalue weighted by Gasteiger charge is -2.19. The number of amides is 1. The molecule has 2 aromatic rings. The molecule has 1 unspecified atom stereocenters. The van der Waals surface area contributed by atoms with Gasteiger partial charge in [-0.05, 0) is 54.7 Å². The predicted octanol–water partition coefficient (Wildman–Crippen LogP) is 4.17. The second-order valence-corrected chi connectivity index (χ2v) is 6.55. The molecule has 1 amide bonds. The molecule has 1 fully saturated rings. The fraction of sp³-hybridized carbons (Fsp3) is 0.316. The predicted molar refractivity (Wildman–Crippen MR) is 96.5 cm³/mol. The molecule has 2 N–H and O–H groups in total. The lowest BCUT2D eigenvalue weighted by atomic mass is 10.0. The number of carbonyl (C=O) groups is 1.